The zero-order valence-corrected chi connectivity index (χ0v) is 11.1. The molecule has 0 aromatic heterocycles. The van der Waals surface area contributed by atoms with E-state index in [9.17, 15) is 5.11 Å². The first-order valence-corrected chi connectivity index (χ1v) is 6.53. The fourth-order valence-electron chi connectivity index (χ4n) is 1.91. The maximum Gasteiger partial charge on any atom is 0.169 e. The second-order valence-corrected chi connectivity index (χ2v) is 4.50. The molecule has 0 radical (unpaired) electrons. The van der Waals surface area contributed by atoms with Crippen LogP contribution in [0.4, 0.5) is 0 Å². The van der Waals surface area contributed by atoms with E-state index in [1.165, 1.54) is 0 Å². The van der Waals surface area contributed by atoms with Crippen LogP contribution in [0.1, 0.15) is 11.1 Å². The Morgan fingerprint density at radius 3 is 2.05 bits per heavy atom. The maximum absolute atomic E-state index is 9.78. The Morgan fingerprint density at radius 1 is 0.800 bits per heavy atom. The molecule has 4 nitrogen and oxygen atoms in total. The molecule has 0 aliphatic heterocycles. The molecule has 0 unspecified atom stereocenters. The Bertz CT molecular complexity index is 549. The number of hydrogen-bond acceptors (Lipinski definition) is 4. The predicted molar refractivity (Wildman–Crippen MR) is 76.2 cm³/mol. The van der Waals surface area contributed by atoms with Crippen LogP contribution in [0.2, 0.25) is 0 Å². The third kappa shape index (κ3) is 3.73. The molecule has 2 rings (SSSR count). The standard InChI is InChI=1S/C16H18O4/c17-9-7-12-1-4-14(5-2-12)20-16-11-13(8-10-18)3-6-15(16)19/h1-6,11,17-19H,7-10H2. The summed E-state index contributed by atoms with van der Waals surface area (Å²) in [5, 5.41) is 27.6. The number of phenols is 1. The molecule has 4 heteroatoms. The van der Waals surface area contributed by atoms with Crippen molar-refractivity contribution in [1.82, 2.24) is 0 Å². The lowest BCUT2D eigenvalue weighted by Crippen LogP contribution is -1.93. The van der Waals surface area contributed by atoms with Crippen molar-refractivity contribution < 1.29 is 20.1 Å². The van der Waals surface area contributed by atoms with Gasteiger partial charge in [0.05, 0.1) is 0 Å². The molecule has 20 heavy (non-hydrogen) atoms. The third-order valence-electron chi connectivity index (χ3n) is 2.98. The lowest BCUT2D eigenvalue weighted by molar-refractivity contribution is 0.299. The van der Waals surface area contributed by atoms with Crippen LogP contribution < -0.4 is 4.74 Å². The average Bonchev–Trinajstić information content (AvgIpc) is 2.45. The van der Waals surface area contributed by atoms with Gasteiger partial charge in [0.1, 0.15) is 5.75 Å². The van der Waals surface area contributed by atoms with E-state index in [4.69, 9.17) is 14.9 Å². The van der Waals surface area contributed by atoms with Gasteiger partial charge < -0.3 is 20.1 Å². The minimum absolute atomic E-state index is 0.0556. The van der Waals surface area contributed by atoms with E-state index in [1.54, 1.807) is 30.3 Å². The van der Waals surface area contributed by atoms with E-state index in [-0.39, 0.29) is 19.0 Å². The summed E-state index contributed by atoms with van der Waals surface area (Å²) in [7, 11) is 0. The van der Waals surface area contributed by atoms with Gasteiger partial charge in [-0.1, -0.05) is 18.2 Å². The number of aliphatic hydroxyl groups is 2. The van der Waals surface area contributed by atoms with Crippen molar-refractivity contribution in [2.45, 2.75) is 12.8 Å². The Kier molecular flexibility index (Phi) is 4.98. The zero-order valence-electron chi connectivity index (χ0n) is 11.1. The van der Waals surface area contributed by atoms with Gasteiger partial charge in [0.25, 0.3) is 0 Å². The van der Waals surface area contributed by atoms with Crippen LogP contribution in [0.25, 0.3) is 0 Å². The van der Waals surface area contributed by atoms with Crippen molar-refractivity contribution in [3.63, 3.8) is 0 Å². The van der Waals surface area contributed by atoms with Crippen molar-refractivity contribution in [3.05, 3.63) is 53.6 Å². The van der Waals surface area contributed by atoms with Crippen LogP contribution in [-0.4, -0.2) is 28.5 Å². The van der Waals surface area contributed by atoms with Gasteiger partial charge in [0, 0.05) is 13.2 Å². The highest BCUT2D eigenvalue weighted by molar-refractivity contribution is 5.44. The summed E-state index contributed by atoms with van der Waals surface area (Å²) in [5.41, 5.74) is 1.93. The fourth-order valence-corrected chi connectivity index (χ4v) is 1.91. The van der Waals surface area contributed by atoms with Crippen molar-refractivity contribution in [3.8, 4) is 17.2 Å². The van der Waals surface area contributed by atoms with E-state index in [2.05, 4.69) is 0 Å². The normalized spacial score (nSPS) is 10.5. The molecule has 0 amide bonds. The maximum atomic E-state index is 9.78. The van der Waals surface area contributed by atoms with Gasteiger partial charge in [0.15, 0.2) is 11.5 Å². The summed E-state index contributed by atoms with van der Waals surface area (Å²) in [6.45, 7) is 0.171. The molecular weight excluding hydrogens is 256 g/mol. The SMILES string of the molecule is OCCc1ccc(Oc2cc(CCO)ccc2O)cc1. The second-order valence-electron chi connectivity index (χ2n) is 4.50. The quantitative estimate of drug-likeness (QED) is 0.755. The molecule has 0 saturated carbocycles. The highest BCUT2D eigenvalue weighted by atomic mass is 16.5. The summed E-state index contributed by atoms with van der Waals surface area (Å²) >= 11 is 0. The second kappa shape index (κ2) is 6.93. The monoisotopic (exact) mass is 274 g/mol. The summed E-state index contributed by atoms with van der Waals surface area (Å²) in [6.07, 6.45) is 1.13. The molecule has 0 spiro atoms. The molecule has 3 N–H and O–H groups in total. The topological polar surface area (TPSA) is 69.9 Å². The first-order valence-electron chi connectivity index (χ1n) is 6.53. The van der Waals surface area contributed by atoms with E-state index >= 15 is 0 Å². The highest BCUT2D eigenvalue weighted by Crippen LogP contribution is 2.31. The zero-order chi connectivity index (χ0) is 14.4. The smallest absolute Gasteiger partial charge is 0.169 e. The summed E-state index contributed by atoms with van der Waals surface area (Å²) in [6, 6.07) is 12.4. The van der Waals surface area contributed by atoms with E-state index in [0.29, 0.717) is 24.3 Å². The molecule has 0 bridgehead atoms. The minimum Gasteiger partial charge on any atom is -0.504 e. The third-order valence-corrected chi connectivity index (χ3v) is 2.98. The molecule has 2 aromatic carbocycles. The van der Waals surface area contributed by atoms with Gasteiger partial charge in [-0.25, -0.2) is 0 Å². The number of hydrogen-bond donors (Lipinski definition) is 3. The summed E-state index contributed by atoms with van der Waals surface area (Å²) in [4.78, 5) is 0. The van der Waals surface area contributed by atoms with Gasteiger partial charge >= 0.3 is 0 Å². The lowest BCUT2D eigenvalue weighted by Gasteiger charge is -2.10. The lowest BCUT2D eigenvalue weighted by atomic mass is 10.1. The van der Waals surface area contributed by atoms with Crippen molar-refractivity contribution in [2.75, 3.05) is 13.2 Å². The number of aliphatic hydroxyl groups excluding tert-OH is 2. The highest BCUT2D eigenvalue weighted by Gasteiger charge is 2.06. The number of phenolic OH excluding ortho intramolecular Hbond substituents is 1. The van der Waals surface area contributed by atoms with Gasteiger partial charge in [-0.15, -0.1) is 0 Å². The molecule has 0 fully saturated rings. The summed E-state index contributed by atoms with van der Waals surface area (Å²) in [5.74, 6) is 1.04. The van der Waals surface area contributed by atoms with Gasteiger partial charge in [-0.3, -0.25) is 0 Å². The molecular formula is C16H18O4. The molecule has 0 atom stereocenters. The number of rotatable bonds is 6. The van der Waals surface area contributed by atoms with Crippen molar-refractivity contribution in [2.24, 2.45) is 0 Å². The molecule has 0 aliphatic carbocycles. The Balaban J connectivity index is 2.14. The van der Waals surface area contributed by atoms with E-state index in [1.807, 2.05) is 12.1 Å². The molecule has 0 aliphatic rings. The number of benzene rings is 2. The van der Waals surface area contributed by atoms with E-state index in [0.717, 1.165) is 11.1 Å². The van der Waals surface area contributed by atoms with Crippen molar-refractivity contribution in [1.29, 1.82) is 0 Å². The average molecular weight is 274 g/mol. The van der Waals surface area contributed by atoms with Crippen LogP contribution in [0.15, 0.2) is 42.5 Å². The number of aromatic hydroxyl groups is 1. The largest absolute Gasteiger partial charge is 0.504 e. The number of ether oxygens (including phenoxy) is 1. The molecule has 106 valence electrons. The van der Waals surface area contributed by atoms with Crippen LogP contribution in [0.5, 0.6) is 17.2 Å². The predicted octanol–water partition coefficient (Wildman–Crippen LogP) is 2.25. The van der Waals surface area contributed by atoms with E-state index < -0.39 is 0 Å². The molecule has 0 heterocycles. The molecule has 2 aromatic rings. The Morgan fingerprint density at radius 2 is 1.40 bits per heavy atom. The van der Waals surface area contributed by atoms with Crippen LogP contribution >= 0.6 is 0 Å². The minimum atomic E-state index is 0.0556. The van der Waals surface area contributed by atoms with Gasteiger partial charge in [-0.05, 0) is 48.2 Å². The van der Waals surface area contributed by atoms with Gasteiger partial charge in [0.2, 0.25) is 0 Å². The first kappa shape index (κ1) is 14.4. The summed E-state index contributed by atoms with van der Waals surface area (Å²) < 4.78 is 5.64. The van der Waals surface area contributed by atoms with Gasteiger partial charge in [-0.2, -0.15) is 0 Å². The van der Waals surface area contributed by atoms with Crippen LogP contribution in [0, 0.1) is 0 Å². The Hall–Kier alpha value is -2.04. The molecule has 0 saturated heterocycles. The Labute approximate surface area is 117 Å². The van der Waals surface area contributed by atoms with Crippen LogP contribution in [0.3, 0.4) is 0 Å². The van der Waals surface area contributed by atoms with Crippen molar-refractivity contribution >= 4 is 0 Å². The van der Waals surface area contributed by atoms with Crippen LogP contribution in [-0.2, 0) is 12.8 Å². The first-order chi connectivity index (χ1) is 9.72. The fraction of sp³-hybridized carbons (Fsp3) is 0.250.